The Labute approximate surface area is 142 Å². The summed E-state index contributed by atoms with van der Waals surface area (Å²) in [5.74, 6) is 1.86. The van der Waals surface area contributed by atoms with E-state index >= 15 is 0 Å². The van der Waals surface area contributed by atoms with Crippen molar-refractivity contribution in [3.05, 3.63) is 23.8 Å². The number of methoxy groups -OCH3 is 2. The van der Waals surface area contributed by atoms with Crippen molar-refractivity contribution in [2.24, 2.45) is 16.6 Å². The summed E-state index contributed by atoms with van der Waals surface area (Å²) < 4.78 is 10.4. The number of hydrogen-bond acceptors (Lipinski definition) is 4. The Hall–Kier alpha value is -1.22. The molecule has 0 saturated carbocycles. The molecular formula is C14H24IN3O3. The SMILES string of the molecule is COc1ccc(CN=C(N)NCC(C)CO)cc1OC.I. The molecule has 4 N–H and O–H groups in total. The molecule has 0 bridgehead atoms. The number of aliphatic imine (C=N–C) groups is 1. The molecule has 1 aromatic carbocycles. The first-order valence-corrected chi connectivity index (χ1v) is 6.46. The molecule has 6 nitrogen and oxygen atoms in total. The van der Waals surface area contributed by atoms with Gasteiger partial charge in [-0.2, -0.15) is 0 Å². The number of aliphatic hydroxyl groups is 1. The lowest BCUT2D eigenvalue weighted by molar-refractivity contribution is 0.238. The lowest BCUT2D eigenvalue weighted by atomic mass is 10.2. The van der Waals surface area contributed by atoms with E-state index in [1.807, 2.05) is 25.1 Å². The van der Waals surface area contributed by atoms with Gasteiger partial charge in [0.1, 0.15) is 0 Å². The van der Waals surface area contributed by atoms with Crippen molar-refractivity contribution in [3.8, 4) is 11.5 Å². The zero-order valence-corrected chi connectivity index (χ0v) is 15.0. The highest BCUT2D eigenvalue weighted by atomic mass is 127. The van der Waals surface area contributed by atoms with Crippen LogP contribution < -0.4 is 20.5 Å². The smallest absolute Gasteiger partial charge is 0.188 e. The number of nitrogens with zero attached hydrogens (tertiary/aromatic N) is 1. The number of rotatable bonds is 7. The summed E-state index contributed by atoms with van der Waals surface area (Å²) >= 11 is 0. The third-order valence-corrected chi connectivity index (χ3v) is 2.82. The van der Waals surface area contributed by atoms with E-state index in [0.717, 1.165) is 5.56 Å². The van der Waals surface area contributed by atoms with Gasteiger partial charge >= 0.3 is 0 Å². The van der Waals surface area contributed by atoms with Crippen LogP contribution >= 0.6 is 24.0 Å². The molecule has 0 aliphatic heterocycles. The fourth-order valence-corrected chi connectivity index (χ4v) is 1.55. The molecule has 120 valence electrons. The second kappa shape index (κ2) is 10.5. The molecule has 0 heterocycles. The van der Waals surface area contributed by atoms with E-state index in [0.29, 0.717) is 30.5 Å². The van der Waals surface area contributed by atoms with E-state index in [1.165, 1.54) is 0 Å². The maximum absolute atomic E-state index is 8.92. The van der Waals surface area contributed by atoms with Crippen LogP contribution in [0.1, 0.15) is 12.5 Å². The Balaban J connectivity index is 0.00000400. The van der Waals surface area contributed by atoms with Gasteiger partial charge in [0.05, 0.1) is 20.8 Å². The van der Waals surface area contributed by atoms with Crippen LogP contribution in [0.15, 0.2) is 23.2 Å². The summed E-state index contributed by atoms with van der Waals surface area (Å²) in [6.07, 6.45) is 0. The average molecular weight is 409 g/mol. The van der Waals surface area contributed by atoms with Gasteiger partial charge in [-0.15, -0.1) is 24.0 Å². The first kappa shape index (κ1) is 19.8. The highest BCUT2D eigenvalue weighted by molar-refractivity contribution is 14.0. The zero-order chi connectivity index (χ0) is 15.0. The number of aliphatic hydroxyl groups excluding tert-OH is 1. The molecule has 0 aliphatic rings. The van der Waals surface area contributed by atoms with Crippen molar-refractivity contribution < 1.29 is 14.6 Å². The molecule has 7 heteroatoms. The molecule has 0 fully saturated rings. The predicted molar refractivity (Wildman–Crippen MR) is 94.5 cm³/mol. The standard InChI is InChI=1S/C14H23N3O3.HI/c1-10(9-18)7-16-14(15)17-8-11-4-5-12(19-2)13(6-11)20-3;/h4-6,10,18H,7-9H2,1-3H3,(H3,15,16,17);1H. The Morgan fingerprint density at radius 2 is 2.00 bits per heavy atom. The lowest BCUT2D eigenvalue weighted by Gasteiger charge is -2.11. The summed E-state index contributed by atoms with van der Waals surface area (Å²) in [4.78, 5) is 4.24. The Bertz CT molecular complexity index is 455. The quantitative estimate of drug-likeness (QED) is 0.360. The van der Waals surface area contributed by atoms with E-state index in [-0.39, 0.29) is 36.5 Å². The van der Waals surface area contributed by atoms with Gasteiger partial charge in [-0.05, 0) is 23.6 Å². The number of hydrogen-bond donors (Lipinski definition) is 3. The monoisotopic (exact) mass is 409 g/mol. The molecule has 21 heavy (non-hydrogen) atoms. The Morgan fingerprint density at radius 3 is 2.57 bits per heavy atom. The molecule has 0 amide bonds. The van der Waals surface area contributed by atoms with E-state index in [4.69, 9.17) is 20.3 Å². The Kier molecular flexibility index (Phi) is 9.89. The molecule has 0 aromatic heterocycles. The minimum atomic E-state index is 0. The van der Waals surface area contributed by atoms with Crippen molar-refractivity contribution in [1.82, 2.24) is 5.32 Å². The van der Waals surface area contributed by atoms with Crippen molar-refractivity contribution >= 4 is 29.9 Å². The predicted octanol–water partition coefficient (Wildman–Crippen LogP) is 1.35. The van der Waals surface area contributed by atoms with Gasteiger partial charge in [0.2, 0.25) is 0 Å². The van der Waals surface area contributed by atoms with E-state index < -0.39 is 0 Å². The van der Waals surface area contributed by atoms with Gasteiger partial charge < -0.3 is 25.6 Å². The van der Waals surface area contributed by atoms with E-state index in [2.05, 4.69) is 10.3 Å². The second-order valence-corrected chi connectivity index (χ2v) is 4.56. The third-order valence-electron chi connectivity index (χ3n) is 2.82. The molecule has 0 saturated heterocycles. The average Bonchev–Trinajstić information content (AvgIpc) is 2.49. The van der Waals surface area contributed by atoms with Crippen LogP contribution in [0.3, 0.4) is 0 Å². The minimum Gasteiger partial charge on any atom is -0.493 e. The first-order chi connectivity index (χ1) is 9.60. The number of benzene rings is 1. The number of guanidine groups is 1. The largest absolute Gasteiger partial charge is 0.493 e. The highest BCUT2D eigenvalue weighted by Crippen LogP contribution is 2.27. The summed E-state index contributed by atoms with van der Waals surface area (Å²) in [5.41, 5.74) is 6.73. The molecule has 1 rings (SSSR count). The molecule has 1 atom stereocenters. The fraction of sp³-hybridized carbons (Fsp3) is 0.500. The van der Waals surface area contributed by atoms with Crippen LogP contribution in [-0.2, 0) is 6.54 Å². The van der Waals surface area contributed by atoms with Crippen molar-refractivity contribution in [3.63, 3.8) is 0 Å². The van der Waals surface area contributed by atoms with Crippen molar-refractivity contribution in [2.45, 2.75) is 13.5 Å². The van der Waals surface area contributed by atoms with Crippen molar-refractivity contribution in [2.75, 3.05) is 27.4 Å². The van der Waals surface area contributed by atoms with Gasteiger partial charge in [-0.1, -0.05) is 13.0 Å². The van der Waals surface area contributed by atoms with Crippen LogP contribution in [0.4, 0.5) is 0 Å². The van der Waals surface area contributed by atoms with Crippen LogP contribution in [0, 0.1) is 5.92 Å². The zero-order valence-electron chi connectivity index (χ0n) is 12.6. The van der Waals surface area contributed by atoms with E-state index in [1.54, 1.807) is 14.2 Å². The van der Waals surface area contributed by atoms with Crippen LogP contribution in [-0.4, -0.2) is 38.4 Å². The third kappa shape index (κ3) is 6.85. The van der Waals surface area contributed by atoms with Gasteiger partial charge in [0.25, 0.3) is 0 Å². The molecule has 0 spiro atoms. The Morgan fingerprint density at radius 1 is 1.33 bits per heavy atom. The lowest BCUT2D eigenvalue weighted by Crippen LogP contribution is -2.35. The van der Waals surface area contributed by atoms with Gasteiger partial charge in [0, 0.05) is 13.2 Å². The number of nitrogens with two attached hydrogens (primary N) is 1. The number of nitrogens with one attached hydrogen (secondary N) is 1. The summed E-state index contributed by atoms with van der Waals surface area (Å²) in [6.45, 7) is 3.09. The van der Waals surface area contributed by atoms with Crippen LogP contribution in [0.25, 0.3) is 0 Å². The fourth-order valence-electron chi connectivity index (χ4n) is 1.55. The highest BCUT2D eigenvalue weighted by Gasteiger charge is 2.04. The summed E-state index contributed by atoms with van der Waals surface area (Å²) in [6, 6.07) is 5.61. The topological polar surface area (TPSA) is 89.1 Å². The number of halogens is 1. The van der Waals surface area contributed by atoms with Crippen LogP contribution in [0.2, 0.25) is 0 Å². The minimum absolute atomic E-state index is 0. The molecule has 0 radical (unpaired) electrons. The number of ether oxygens (including phenoxy) is 2. The van der Waals surface area contributed by atoms with Crippen LogP contribution in [0.5, 0.6) is 11.5 Å². The summed E-state index contributed by atoms with van der Waals surface area (Å²) in [5, 5.41) is 11.9. The van der Waals surface area contributed by atoms with Gasteiger partial charge in [-0.25, -0.2) is 4.99 Å². The first-order valence-electron chi connectivity index (χ1n) is 6.46. The van der Waals surface area contributed by atoms with Crippen molar-refractivity contribution in [1.29, 1.82) is 0 Å². The molecular weight excluding hydrogens is 385 g/mol. The normalized spacial score (nSPS) is 12.3. The molecule has 0 aliphatic carbocycles. The molecule has 1 aromatic rings. The summed E-state index contributed by atoms with van der Waals surface area (Å²) in [7, 11) is 3.19. The maximum atomic E-state index is 8.92. The van der Waals surface area contributed by atoms with E-state index in [9.17, 15) is 0 Å². The maximum Gasteiger partial charge on any atom is 0.188 e. The second-order valence-electron chi connectivity index (χ2n) is 4.56. The molecule has 1 unspecified atom stereocenters. The van der Waals surface area contributed by atoms with Gasteiger partial charge in [-0.3, -0.25) is 0 Å². The van der Waals surface area contributed by atoms with Gasteiger partial charge in [0.15, 0.2) is 17.5 Å².